The normalized spacial score (nSPS) is 31.4. The van der Waals surface area contributed by atoms with Gasteiger partial charge in [-0.3, -0.25) is 4.79 Å². The van der Waals surface area contributed by atoms with Gasteiger partial charge in [-0.15, -0.1) is 0 Å². The van der Waals surface area contributed by atoms with E-state index in [0.29, 0.717) is 5.56 Å². The Hall–Kier alpha value is -1.92. The van der Waals surface area contributed by atoms with Crippen molar-refractivity contribution >= 4 is 11.9 Å². The second kappa shape index (κ2) is 6.89. The van der Waals surface area contributed by atoms with Gasteiger partial charge in [0.05, 0.1) is 17.8 Å². The summed E-state index contributed by atoms with van der Waals surface area (Å²) in [5, 5.41) is 10.4. The molecule has 0 aromatic heterocycles. The smallest absolute Gasteiger partial charge is 0.338 e. The van der Waals surface area contributed by atoms with Crippen molar-refractivity contribution < 1.29 is 28.9 Å². The Labute approximate surface area is 129 Å². The monoisotopic (exact) mass is 308 g/mol. The number of aliphatic hydroxyl groups is 1. The number of aliphatic hydroxyl groups excluding tert-OH is 1. The van der Waals surface area contributed by atoms with Gasteiger partial charge in [0.1, 0.15) is 6.10 Å². The molecule has 0 bridgehead atoms. The van der Waals surface area contributed by atoms with Crippen LogP contribution in [0.4, 0.5) is 0 Å². The highest BCUT2D eigenvalue weighted by Gasteiger charge is 2.45. The van der Waals surface area contributed by atoms with Crippen LogP contribution in [0.3, 0.4) is 0 Å². The molecule has 1 aromatic carbocycles. The molecular weight excluding hydrogens is 288 g/mol. The van der Waals surface area contributed by atoms with E-state index in [-0.39, 0.29) is 0 Å². The summed E-state index contributed by atoms with van der Waals surface area (Å²) in [5.74, 6) is -1.08. The number of hydrogen-bond acceptors (Lipinski definition) is 6. The van der Waals surface area contributed by atoms with Crippen molar-refractivity contribution in [3.8, 4) is 0 Å². The van der Waals surface area contributed by atoms with E-state index in [1.165, 1.54) is 6.92 Å². The van der Waals surface area contributed by atoms with E-state index in [0.717, 1.165) is 0 Å². The fourth-order valence-corrected chi connectivity index (χ4v) is 2.52. The fraction of sp³-hybridized carbons (Fsp3) is 0.500. The van der Waals surface area contributed by atoms with Crippen molar-refractivity contribution in [3.63, 3.8) is 0 Å². The van der Waals surface area contributed by atoms with Crippen LogP contribution in [0.5, 0.6) is 0 Å². The lowest BCUT2D eigenvalue weighted by atomic mass is 9.96. The number of esters is 2. The van der Waals surface area contributed by atoms with Gasteiger partial charge in [0.2, 0.25) is 0 Å². The molecule has 0 saturated carbocycles. The molecule has 1 aromatic rings. The number of benzene rings is 1. The van der Waals surface area contributed by atoms with Crippen LogP contribution in [0, 0.1) is 0 Å². The third-order valence-corrected chi connectivity index (χ3v) is 3.58. The second-order valence-electron chi connectivity index (χ2n) is 5.35. The first kappa shape index (κ1) is 16.5. The first-order valence-corrected chi connectivity index (χ1v) is 7.17. The predicted octanol–water partition coefficient (Wildman–Crippen LogP) is 1.31. The summed E-state index contributed by atoms with van der Waals surface area (Å²) < 4.78 is 16.0. The summed E-state index contributed by atoms with van der Waals surface area (Å²) in [5.41, 5.74) is 0.379. The van der Waals surface area contributed by atoms with E-state index in [2.05, 4.69) is 0 Å². The molecule has 1 aliphatic heterocycles. The predicted molar refractivity (Wildman–Crippen MR) is 77.2 cm³/mol. The van der Waals surface area contributed by atoms with Crippen LogP contribution in [0.25, 0.3) is 0 Å². The van der Waals surface area contributed by atoms with Gasteiger partial charge in [0, 0.05) is 6.92 Å². The maximum Gasteiger partial charge on any atom is 0.338 e. The lowest BCUT2D eigenvalue weighted by molar-refractivity contribution is -0.224. The molecule has 1 aliphatic rings. The van der Waals surface area contributed by atoms with Gasteiger partial charge in [0.25, 0.3) is 0 Å². The molecule has 0 spiro atoms. The lowest BCUT2D eigenvalue weighted by Crippen LogP contribution is -2.58. The van der Waals surface area contributed by atoms with Crippen LogP contribution in [0.15, 0.2) is 30.3 Å². The maximum atomic E-state index is 12.1. The van der Waals surface area contributed by atoms with Crippen LogP contribution in [-0.2, 0) is 19.0 Å². The zero-order chi connectivity index (χ0) is 16.3. The third-order valence-electron chi connectivity index (χ3n) is 3.58. The summed E-state index contributed by atoms with van der Waals surface area (Å²) >= 11 is 0. The maximum absolute atomic E-state index is 12.1. The molecule has 22 heavy (non-hydrogen) atoms. The van der Waals surface area contributed by atoms with E-state index in [4.69, 9.17) is 14.2 Å². The molecular formula is C16H20O6. The first-order chi connectivity index (χ1) is 10.4. The van der Waals surface area contributed by atoms with Crippen LogP contribution < -0.4 is 0 Å². The standard InChI is InChI=1S/C16H20O6/c1-9-14(21-11(3)17)13(18)15(10(2)20-9)22-16(19)12-7-5-4-6-8-12/h4-10,13-15,18H,1-3H3/t9?,10-,13?,14-,15?/m0/s1. The Kier molecular flexibility index (Phi) is 5.15. The first-order valence-electron chi connectivity index (χ1n) is 7.17. The van der Waals surface area contributed by atoms with Gasteiger partial charge in [0.15, 0.2) is 12.2 Å². The van der Waals surface area contributed by atoms with E-state index in [1.54, 1.807) is 44.2 Å². The SMILES string of the molecule is CC(=O)O[C@H]1C(C)O[C@@H](C)C(OC(=O)c2ccccc2)C1O. The Morgan fingerprint density at radius 3 is 2.14 bits per heavy atom. The van der Waals surface area contributed by atoms with Gasteiger partial charge in [-0.1, -0.05) is 18.2 Å². The molecule has 6 nitrogen and oxygen atoms in total. The van der Waals surface area contributed by atoms with Crippen LogP contribution in [-0.4, -0.2) is 47.6 Å². The zero-order valence-corrected chi connectivity index (χ0v) is 12.8. The highest BCUT2D eigenvalue weighted by molar-refractivity contribution is 5.89. The summed E-state index contributed by atoms with van der Waals surface area (Å²) in [7, 11) is 0. The van der Waals surface area contributed by atoms with Crippen LogP contribution >= 0.6 is 0 Å². The molecule has 6 heteroatoms. The largest absolute Gasteiger partial charge is 0.457 e. The third kappa shape index (κ3) is 3.64. The Bertz CT molecular complexity index is 529. The van der Waals surface area contributed by atoms with E-state index in [9.17, 15) is 14.7 Å². The number of carbonyl (C=O) groups is 2. The van der Waals surface area contributed by atoms with Gasteiger partial charge in [-0.05, 0) is 26.0 Å². The molecule has 0 aliphatic carbocycles. The van der Waals surface area contributed by atoms with E-state index in [1.807, 2.05) is 0 Å². The summed E-state index contributed by atoms with van der Waals surface area (Å²) in [6.45, 7) is 4.65. The van der Waals surface area contributed by atoms with Gasteiger partial charge in [-0.25, -0.2) is 4.79 Å². The minimum Gasteiger partial charge on any atom is -0.457 e. The van der Waals surface area contributed by atoms with Gasteiger partial charge >= 0.3 is 11.9 Å². The van der Waals surface area contributed by atoms with Gasteiger partial charge in [-0.2, -0.15) is 0 Å². The van der Waals surface area contributed by atoms with E-state index >= 15 is 0 Å². The zero-order valence-electron chi connectivity index (χ0n) is 12.8. The quantitative estimate of drug-likeness (QED) is 0.848. The van der Waals surface area contributed by atoms with Crippen molar-refractivity contribution in [1.29, 1.82) is 0 Å². The molecule has 0 radical (unpaired) electrons. The molecule has 120 valence electrons. The number of rotatable bonds is 3. The summed E-state index contributed by atoms with van der Waals surface area (Å²) in [6, 6.07) is 8.47. The molecule has 1 saturated heterocycles. The highest BCUT2D eigenvalue weighted by atomic mass is 16.6. The van der Waals surface area contributed by atoms with Crippen LogP contribution in [0.1, 0.15) is 31.1 Å². The van der Waals surface area contributed by atoms with Crippen molar-refractivity contribution in [3.05, 3.63) is 35.9 Å². The Morgan fingerprint density at radius 1 is 1.05 bits per heavy atom. The Morgan fingerprint density at radius 2 is 1.59 bits per heavy atom. The number of carbonyl (C=O) groups excluding carboxylic acids is 2. The number of hydrogen-bond donors (Lipinski definition) is 1. The van der Waals surface area contributed by atoms with Crippen molar-refractivity contribution in [2.24, 2.45) is 0 Å². The Balaban J connectivity index is 2.11. The van der Waals surface area contributed by atoms with Crippen molar-refractivity contribution in [2.75, 3.05) is 0 Å². The topological polar surface area (TPSA) is 82.1 Å². The molecule has 1 N–H and O–H groups in total. The summed E-state index contributed by atoms with van der Waals surface area (Å²) in [4.78, 5) is 23.3. The minimum absolute atomic E-state index is 0.379. The molecule has 0 amide bonds. The van der Waals surface area contributed by atoms with Crippen molar-refractivity contribution in [1.82, 2.24) is 0 Å². The lowest BCUT2D eigenvalue weighted by Gasteiger charge is -2.41. The summed E-state index contributed by atoms with van der Waals surface area (Å²) in [6.07, 6.45) is -3.92. The second-order valence-corrected chi connectivity index (χ2v) is 5.35. The molecule has 1 fully saturated rings. The fourth-order valence-electron chi connectivity index (χ4n) is 2.52. The highest BCUT2D eigenvalue weighted by Crippen LogP contribution is 2.26. The molecule has 1 heterocycles. The van der Waals surface area contributed by atoms with E-state index < -0.39 is 42.5 Å². The average Bonchev–Trinajstić information content (AvgIpc) is 2.48. The molecule has 5 atom stereocenters. The van der Waals surface area contributed by atoms with Crippen molar-refractivity contribution in [2.45, 2.75) is 51.3 Å². The minimum atomic E-state index is -1.14. The average molecular weight is 308 g/mol. The van der Waals surface area contributed by atoms with Gasteiger partial charge < -0.3 is 19.3 Å². The molecule has 2 rings (SSSR count). The number of ether oxygens (including phenoxy) is 3. The van der Waals surface area contributed by atoms with Crippen LogP contribution in [0.2, 0.25) is 0 Å². The molecule has 3 unspecified atom stereocenters.